The minimum atomic E-state index is 0.0340. The molecule has 0 aromatic heterocycles. The topological polar surface area (TPSA) is 52.5 Å². The zero-order valence-corrected chi connectivity index (χ0v) is 11.5. The lowest BCUT2D eigenvalue weighted by Crippen LogP contribution is -2.23. The zero-order valence-electron chi connectivity index (χ0n) is 11.5. The van der Waals surface area contributed by atoms with Gasteiger partial charge in [-0.15, -0.1) is 0 Å². The second-order valence-corrected chi connectivity index (χ2v) is 5.42. The highest BCUT2D eigenvalue weighted by Crippen LogP contribution is 2.34. The summed E-state index contributed by atoms with van der Waals surface area (Å²) in [5.74, 6) is 0.223. The molecule has 0 fully saturated rings. The predicted molar refractivity (Wildman–Crippen MR) is 78.8 cm³/mol. The predicted octanol–water partition coefficient (Wildman–Crippen LogP) is 3.44. The van der Waals surface area contributed by atoms with E-state index in [2.05, 4.69) is 29.6 Å². The van der Waals surface area contributed by atoms with Crippen LogP contribution in [0.1, 0.15) is 42.1 Å². The van der Waals surface area contributed by atoms with Crippen LogP contribution in [0.3, 0.4) is 0 Å². The quantitative estimate of drug-likeness (QED) is 0.800. The SMILES string of the molecule is CC(NC1CCc2ccccc21)c1ccc(O)cc1O. The molecule has 0 bridgehead atoms. The van der Waals surface area contributed by atoms with Crippen molar-refractivity contribution in [2.24, 2.45) is 0 Å². The highest BCUT2D eigenvalue weighted by molar-refractivity contribution is 5.41. The van der Waals surface area contributed by atoms with Gasteiger partial charge in [-0.3, -0.25) is 0 Å². The molecular formula is C17H19NO2. The number of aromatic hydroxyl groups is 2. The van der Waals surface area contributed by atoms with Gasteiger partial charge in [0, 0.05) is 23.7 Å². The normalized spacial score (nSPS) is 18.8. The van der Waals surface area contributed by atoms with Gasteiger partial charge in [-0.05, 0) is 37.0 Å². The zero-order chi connectivity index (χ0) is 14.1. The number of rotatable bonds is 3. The molecule has 0 spiro atoms. The van der Waals surface area contributed by atoms with E-state index in [9.17, 15) is 10.2 Å². The Hall–Kier alpha value is -2.00. The number of hydrogen-bond acceptors (Lipinski definition) is 3. The lowest BCUT2D eigenvalue weighted by molar-refractivity contribution is 0.420. The molecule has 3 rings (SSSR count). The molecule has 3 nitrogen and oxygen atoms in total. The van der Waals surface area contributed by atoms with Gasteiger partial charge in [0.1, 0.15) is 11.5 Å². The highest BCUT2D eigenvalue weighted by atomic mass is 16.3. The summed E-state index contributed by atoms with van der Waals surface area (Å²) in [5, 5.41) is 22.9. The largest absolute Gasteiger partial charge is 0.508 e. The van der Waals surface area contributed by atoms with Gasteiger partial charge in [-0.25, -0.2) is 0 Å². The summed E-state index contributed by atoms with van der Waals surface area (Å²) in [5.41, 5.74) is 3.58. The first kappa shape index (κ1) is 13.0. The van der Waals surface area contributed by atoms with E-state index >= 15 is 0 Å². The summed E-state index contributed by atoms with van der Waals surface area (Å²) >= 11 is 0. The minimum Gasteiger partial charge on any atom is -0.508 e. The molecule has 0 radical (unpaired) electrons. The maximum absolute atomic E-state index is 9.93. The van der Waals surface area contributed by atoms with Gasteiger partial charge < -0.3 is 15.5 Å². The number of nitrogens with one attached hydrogen (secondary N) is 1. The van der Waals surface area contributed by atoms with Crippen molar-refractivity contribution in [3.63, 3.8) is 0 Å². The van der Waals surface area contributed by atoms with E-state index in [1.54, 1.807) is 12.1 Å². The van der Waals surface area contributed by atoms with Gasteiger partial charge in [0.25, 0.3) is 0 Å². The van der Waals surface area contributed by atoms with Crippen LogP contribution in [0.4, 0.5) is 0 Å². The van der Waals surface area contributed by atoms with E-state index in [-0.39, 0.29) is 17.5 Å². The Kier molecular flexibility index (Phi) is 3.36. The number of phenols is 2. The highest BCUT2D eigenvalue weighted by Gasteiger charge is 2.24. The number of hydrogen-bond donors (Lipinski definition) is 3. The third kappa shape index (κ3) is 2.37. The fraction of sp³-hybridized carbons (Fsp3) is 0.294. The minimum absolute atomic E-state index is 0.0340. The van der Waals surface area contributed by atoms with Crippen molar-refractivity contribution in [3.05, 3.63) is 59.2 Å². The number of phenolic OH excluding ortho intramolecular Hbond substituents is 2. The average molecular weight is 269 g/mol. The Morgan fingerprint density at radius 1 is 1.15 bits per heavy atom. The Morgan fingerprint density at radius 3 is 2.75 bits per heavy atom. The molecule has 2 unspecified atom stereocenters. The second-order valence-electron chi connectivity index (χ2n) is 5.42. The van der Waals surface area contributed by atoms with Crippen LogP contribution >= 0.6 is 0 Å². The first-order valence-electron chi connectivity index (χ1n) is 7.01. The molecule has 2 aromatic carbocycles. The molecule has 1 aliphatic rings. The van der Waals surface area contributed by atoms with Gasteiger partial charge in [0.15, 0.2) is 0 Å². The first-order chi connectivity index (χ1) is 9.65. The lowest BCUT2D eigenvalue weighted by atomic mass is 10.0. The molecule has 0 aliphatic heterocycles. The molecule has 3 heteroatoms. The van der Waals surface area contributed by atoms with Crippen LogP contribution in [-0.4, -0.2) is 10.2 Å². The van der Waals surface area contributed by atoms with E-state index in [0.29, 0.717) is 6.04 Å². The summed E-state index contributed by atoms with van der Waals surface area (Å²) < 4.78 is 0. The van der Waals surface area contributed by atoms with Crippen molar-refractivity contribution in [1.29, 1.82) is 0 Å². The van der Waals surface area contributed by atoms with Crippen molar-refractivity contribution < 1.29 is 10.2 Å². The molecule has 0 saturated carbocycles. The van der Waals surface area contributed by atoms with Crippen molar-refractivity contribution in [3.8, 4) is 11.5 Å². The summed E-state index contributed by atoms with van der Waals surface area (Å²) in [6, 6.07) is 13.6. The fourth-order valence-corrected chi connectivity index (χ4v) is 3.02. The molecule has 2 atom stereocenters. The van der Waals surface area contributed by atoms with Crippen LogP contribution in [0.5, 0.6) is 11.5 Å². The summed E-state index contributed by atoms with van der Waals surface area (Å²) in [7, 11) is 0. The van der Waals surface area contributed by atoms with Crippen LogP contribution in [0.2, 0.25) is 0 Å². The Balaban J connectivity index is 1.79. The molecule has 0 heterocycles. The standard InChI is InChI=1S/C17H19NO2/c1-11(14-8-7-13(19)10-17(14)20)18-16-9-6-12-4-2-3-5-15(12)16/h2-5,7-8,10-11,16,18-20H,6,9H2,1H3. The van der Waals surface area contributed by atoms with E-state index in [1.807, 2.05) is 6.92 Å². The maximum atomic E-state index is 9.93. The number of benzene rings is 2. The molecule has 20 heavy (non-hydrogen) atoms. The van der Waals surface area contributed by atoms with Crippen molar-refractivity contribution in [2.45, 2.75) is 31.8 Å². The van der Waals surface area contributed by atoms with E-state index in [1.165, 1.54) is 17.2 Å². The summed E-state index contributed by atoms with van der Waals surface area (Å²) in [6.45, 7) is 2.03. The first-order valence-corrected chi connectivity index (χ1v) is 7.01. The monoisotopic (exact) mass is 269 g/mol. The summed E-state index contributed by atoms with van der Waals surface area (Å²) in [4.78, 5) is 0. The van der Waals surface area contributed by atoms with Gasteiger partial charge >= 0.3 is 0 Å². The molecule has 1 aliphatic carbocycles. The third-order valence-corrected chi connectivity index (χ3v) is 4.06. The van der Waals surface area contributed by atoms with E-state index in [0.717, 1.165) is 18.4 Å². The van der Waals surface area contributed by atoms with Crippen LogP contribution in [0.15, 0.2) is 42.5 Å². The van der Waals surface area contributed by atoms with Crippen molar-refractivity contribution in [1.82, 2.24) is 5.32 Å². The molecule has 3 N–H and O–H groups in total. The van der Waals surface area contributed by atoms with Gasteiger partial charge in [-0.1, -0.05) is 30.3 Å². The third-order valence-electron chi connectivity index (χ3n) is 4.06. The number of aryl methyl sites for hydroxylation is 1. The van der Waals surface area contributed by atoms with Crippen LogP contribution in [0.25, 0.3) is 0 Å². The van der Waals surface area contributed by atoms with Crippen LogP contribution in [0, 0.1) is 0 Å². The molecule has 2 aromatic rings. The smallest absolute Gasteiger partial charge is 0.124 e. The lowest BCUT2D eigenvalue weighted by Gasteiger charge is -2.21. The Bertz CT molecular complexity index is 624. The Morgan fingerprint density at radius 2 is 1.95 bits per heavy atom. The fourth-order valence-electron chi connectivity index (χ4n) is 3.02. The number of fused-ring (bicyclic) bond motifs is 1. The second kappa shape index (κ2) is 5.17. The average Bonchev–Trinajstić information content (AvgIpc) is 2.82. The van der Waals surface area contributed by atoms with Gasteiger partial charge in [0.05, 0.1) is 0 Å². The van der Waals surface area contributed by atoms with Gasteiger partial charge in [-0.2, -0.15) is 0 Å². The van der Waals surface area contributed by atoms with Crippen LogP contribution in [-0.2, 0) is 6.42 Å². The molecule has 0 amide bonds. The molecule has 0 saturated heterocycles. The van der Waals surface area contributed by atoms with Crippen molar-refractivity contribution in [2.75, 3.05) is 0 Å². The van der Waals surface area contributed by atoms with E-state index < -0.39 is 0 Å². The van der Waals surface area contributed by atoms with Crippen LogP contribution < -0.4 is 5.32 Å². The Labute approximate surface area is 118 Å². The molecule has 104 valence electrons. The maximum Gasteiger partial charge on any atom is 0.124 e. The van der Waals surface area contributed by atoms with E-state index in [4.69, 9.17) is 0 Å². The summed E-state index contributed by atoms with van der Waals surface area (Å²) in [6.07, 6.45) is 2.19. The van der Waals surface area contributed by atoms with Crippen molar-refractivity contribution >= 4 is 0 Å². The van der Waals surface area contributed by atoms with Gasteiger partial charge in [0.2, 0.25) is 0 Å². The molecular weight excluding hydrogens is 250 g/mol.